The third-order valence-corrected chi connectivity index (χ3v) is 3.61. The summed E-state index contributed by atoms with van der Waals surface area (Å²) in [4.78, 5) is 4.33. The SMILES string of the molecule is NCCc1ccc(OCC2Cc3ccccc32)cn1. The number of fused-ring (bicyclic) bond motifs is 1. The Balaban J connectivity index is 1.56. The molecule has 3 rings (SSSR count). The molecule has 0 spiro atoms. The summed E-state index contributed by atoms with van der Waals surface area (Å²) in [6.45, 7) is 1.36. The normalized spacial score (nSPS) is 16.6. The maximum Gasteiger partial charge on any atom is 0.137 e. The topological polar surface area (TPSA) is 48.1 Å². The van der Waals surface area contributed by atoms with Gasteiger partial charge in [0.05, 0.1) is 12.8 Å². The summed E-state index contributed by atoms with van der Waals surface area (Å²) < 4.78 is 5.81. The molecule has 2 aromatic rings. The lowest BCUT2D eigenvalue weighted by molar-refractivity contribution is 0.274. The van der Waals surface area contributed by atoms with E-state index >= 15 is 0 Å². The predicted molar refractivity (Wildman–Crippen MR) is 75.4 cm³/mol. The first-order valence-corrected chi connectivity index (χ1v) is 6.72. The van der Waals surface area contributed by atoms with Crippen molar-refractivity contribution in [2.75, 3.05) is 13.2 Å². The third kappa shape index (κ3) is 2.61. The lowest BCUT2D eigenvalue weighted by Crippen LogP contribution is -2.23. The first-order chi connectivity index (χ1) is 9.36. The van der Waals surface area contributed by atoms with Gasteiger partial charge in [0.2, 0.25) is 0 Å². The highest BCUT2D eigenvalue weighted by atomic mass is 16.5. The van der Waals surface area contributed by atoms with Gasteiger partial charge in [-0.25, -0.2) is 0 Å². The average Bonchev–Trinajstić information content (AvgIpc) is 2.42. The van der Waals surface area contributed by atoms with Gasteiger partial charge in [0.15, 0.2) is 0 Å². The number of aromatic nitrogens is 1. The Bertz CT molecular complexity index is 551. The van der Waals surface area contributed by atoms with Gasteiger partial charge in [-0.2, -0.15) is 0 Å². The van der Waals surface area contributed by atoms with Gasteiger partial charge < -0.3 is 10.5 Å². The summed E-state index contributed by atoms with van der Waals surface area (Å²) in [6.07, 6.45) is 3.72. The maximum atomic E-state index is 5.81. The molecular weight excluding hydrogens is 236 g/mol. The Morgan fingerprint density at radius 1 is 1.21 bits per heavy atom. The number of hydrogen-bond acceptors (Lipinski definition) is 3. The van der Waals surface area contributed by atoms with Crippen molar-refractivity contribution in [2.24, 2.45) is 5.73 Å². The van der Waals surface area contributed by atoms with Crippen molar-refractivity contribution in [3.05, 3.63) is 59.4 Å². The molecule has 0 bridgehead atoms. The van der Waals surface area contributed by atoms with Crippen molar-refractivity contribution in [2.45, 2.75) is 18.8 Å². The van der Waals surface area contributed by atoms with Crippen LogP contribution in [-0.4, -0.2) is 18.1 Å². The molecule has 1 aliphatic rings. The first kappa shape index (κ1) is 12.2. The zero-order chi connectivity index (χ0) is 13.1. The second kappa shape index (κ2) is 5.41. The maximum absolute atomic E-state index is 5.81. The van der Waals surface area contributed by atoms with Gasteiger partial charge in [-0.05, 0) is 36.2 Å². The minimum atomic E-state index is 0.528. The van der Waals surface area contributed by atoms with Crippen molar-refractivity contribution in [3.8, 4) is 5.75 Å². The summed E-state index contributed by atoms with van der Waals surface area (Å²) in [6, 6.07) is 12.5. The largest absolute Gasteiger partial charge is 0.491 e. The standard InChI is InChI=1S/C16H18N2O/c17-8-7-14-5-6-15(10-18-14)19-11-13-9-12-3-1-2-4-16(12)13/h1-6,10,13H,7-9,11,17H2. The van der Waals surface area contributed by atoms with Gasteiger partial charge in [0.25, 0.3) is 0 Å². The molecule has 1 aromatic heterocycles. The Labute approximate surface area is 113 Å². The van der Waals surface area contributed by atoms with Crippen LogP contribution in [0.1, 0.15) is 22.7 Å². The highest BCUT2D eigenvalue weighted by Gasteiger charge is 2.25. The van der Waals surface area contributed by atoms with Crippen molar-refractivity contribution in [3.63, 3.8) is 0 Å². The van der Waals surface area contributed by atoms with Gasteiger partial charge >= 0.3 is 0 Å². The molecule has 0 fully saturated rings. The number of hydrogen-bond donors (Lipinski definition) is 1. The zero-order valence-corrected chi connectivity index (χ0v) is 10.9. The monoisotopic (exact) mass is 254 g/mol. The highest BCUT2D eigenvalue weighted by Crippen LogP contribution is 2.34. The summed E-state index contributed by atoms with van der Waals surface area (Å²) >= 11 is 0. The van der Waals surface area contributed by atoms with Crippen molar-refractivity contribution >= 4 is 0 Å². The van der Waals surface area contributed by atoms with Gasteiger partial charge in [-0.1, -0.05) is 24.3 Å². The lowest BCUT2D eigenvalue weighted by Gasteiger charge is -2.29. The molecule has 1 heterocycles. The smallest absolute Gasteiger partial charge is 0.137 e. The fourth-order valence-electron chi connectivity index (χ4n) is 2.50. The number of rotatable bonds is 5. The second-order valence-electron chi connectivity index (χ2n) is 4.93. The molecule has 3 heteroatoms. The van der Waals surface area contributed by atoms with Crippen LogP contribution in [0, 0.1) is 0 Å². The molecule has 3 nitrogen and oxygen atoms in total. The van der Waals surface area contributed by atoms with Crippen LogP contribution in [0.5, 0.6) is 5.75 Å². The number of nitrogens with two attached hydrogens (primary N) is 1. The van der Waals surface area contributed by atoms with E-state index < -0.39 is 0 Å². The summed E-state index contributed by atoms with van der Waals surface area (Å²) in [5.74, 6) is 1.37. The van der Waals surface area contributed by atoms with Crippen LogP contribution < -0.4 is 10.5 Å². The second-order valence-corrected chi connectivity index (χ2v) is 4.93. The molecule has 1 aliphatic carbocycles. The van der Waals surface area contributed by atoms with Crippen molar-refractivity contribution in [1.82, 2.24) is 4.98 Å². The summed E-state index contributed by atoms with van der Waals surface area (Å²) in [5, 5.41) is 0. The summed E-state index contributed by atoms with van der Waals surface area (Å²) in [7, 11) is 0. The number of nitrogens with zero attached hydrogens (tertiary/aromatic N) is 1. The van der Waals surface area contributed by atoms with Crippen LogP contribution in [0.2, 0.25) is 0 Å². The van der Waals surface area contributed by atoms with Crippen LogP contribution in [-0.2, 0) is 12.8 Å². The fraction of sp³-hybridized carbons (Fsp3) is 0.312. The van der Waals surface area contributed by atoms with Crippen LogP contribution in [0.15, 0.2) is 42.6 Å². The molecule has 1 aromatic carbocycles. The molecule has 0 aliphatic heterocycles. The third-order valence-electron chi connectivity index (χ3n) is 3.61. The Kier molecular flexibility index (Phi) is 3.47. The molecule has 19 heavy (non-hydrogen) atoms. The van der Waals surface area contributed by atoms with Gasteiger partial charge in [0.1, 0.15) is 5.75 Å². The van der Waals surface area contributed by atoms with E-state index in [0.29, 0.717) is 12.5 Å². The van der Waals surface area contributed by atoms with Crippen LogP contribution in [0.3, 0.4) is 0 Å². The molecule has 2 N–H and O–H groups in total. The Hall–Kier alpha value is -1.87. The first-order valence-electron chi connectivity index (χ1n) is 6.72. The van der Waals surface area contributed by atoms with E-state index in [-0.39, 0.29) is 0 Å². The Morgan fingerprint density at radius 2 is 2.11 bits per heavy atom. The van der Waals surface area contributed by atoms with E-state index in [1.165, 1.54) is 11.1 Å². The zero-order valence-electron chi connectivity index (χ0n) is 10.9. The van der Waals surface area contributed by atoms with Crippen LogP contribution in [0.25, 0.3) is 0 Å². The van der Waals surface area contributed by atoms with Crippen LogP contribution >= 0.6 is 0 Å². The quantitative estimate of drug-likeness (QED) is 0.890. The van der Waals surface area contributed by atoms with E-state index in [4.69, 9.17) is 10.5 Å². The van der Waals surface area contributed by atoms with E-state index in [9.17, 15) is 0 Å². The van der Waals surface area contributed by atoms with Gasteiger partial charge in [-0.15, -0.1) is 0 Å². The molecule has 0 amide bonds. The predicted octanol–water partition coefficient (Wildman–Crippen LogP) is 2.30. The minimum absolute atomic E-state index is 0.528. The Morgan fingerprint density at radius 3 is 2.84 bits per heavy atom. The molecule has 98 valence electrons. The van der Waals surface area contributed by atoms with E-state index in [2.05, 4.69) is 29.2 Å². The van der Waals surface area contributed by atoms with Crippen LogP contribution in [0.4, 0.5) is 0 Å². The number of ether oxygens (including phenoxy) is 1. The van der Waals surface area contributed by atoms with Crippen molar-refractivity contribution < 1.29 is 4.74 Å². The lowest BCUT2D eigenvalue weighted by atomic mass is 9.78. The number of pyridine rings is 1. The average molecular weight is 254 g/mol. The molecule has 1 unspecified atom stereocenters. The highest BCUT2D eigenvalue weighted by molar-refractivity contribution is 5.40. The molecule has 0 saturated carbocycles. The van der Waals surface area contributed by atoms with E-state index in [1.54, 1.807) is 6.20 Å². The van der Waals surface area contributed by atoms with Gasteiger partial charge in [-0.3, -0.25) is 4.98 Å². The fourth-order valence-corrected chi connectivity index (χ4v) is 2.50. The van der Waals surface area contributed by atoms with E-state index in [1.807, 2.05) is 12.1 Å². The minimum Gasteiger partial charge on any atom is -0.491 e. The number of benzene rings is 1. The molecule has 0 saturated heterocycles. The molecule has 1 atom stereocenters. The molecule has 0 radical (unpaired) electrons. The van der Waals surface area contributed by atoms with E-state index in [0.717, 1.165) is 30.9 Å². The van der Waals surface area contributed by atoms with Crippen molar-refractivity contribution in [1.29, 1.82) is 0 Å². The summed E-state index contributed by atoms with van der Waals surface area (Å²) in [5.41, 5.74) is 9.39. The molecular formula is C16H18N2O. The van der Waals surface area contributed by atoms with Gasteiger partial charge in [0, 0.05) is 18.0 Å².